The number of rotatable bonds is 6. The second-order valence-electron chi connectivity index (χ2n) is 5.31. The van der Waals surface area contributed by atoms with E-state index in [0.29, 0.717) is 0 Å². The molecule has 0 bridgehead atoms. The number of aliphatic imine (C=N–C) groups is 1. The van der Waals surface area contributed by atoms with Crippen molar-refractivity contribution in [3.63, 3.8) is 0 Å². The van der Waals surface area contributed by atoms with Crippen LogP contribution < -0.4 is 10.6 Å². The highest BCUT2D eigenvalue weighted by atomic mass is 127. The summed E-state index contributed by atoms with van der Waals surface area (Å²) in [6.07, 6.45) is 4.88. The minimum absolute atomic E-state index is 0. The van der Waals surface area contributed by atoms with Gasteiger partial charge in [0.05, 0.1) is 18.4 Å². The van der Waals surface area contributed by atoms with E-state index in [2.05, 4.69) is 44.4 Å². The summed E-state index contributed by atoms with van der Waals surface area (Å²) >= 11 is 1.74. The quantitative estimate of drug-likeness (QED) is 0.332. The Bertz CT molecular complexity index is 768. The zero-order chi connectivity index (χ0) is 16.6. The van der Waals surface area contributed by atoms with Crippen molar-refractivity contribution in [3.8, 4) is 5.69 Å². The molecule has 7 heteroatoms. The van der Waals surface area contributed by atoms with E-state index in [1.807, 2.05) is 41.2 Å². The van der Waals surface area contributed by atoms with Crippen LogP contribution in [0, 0.1) is 0 Å². The van der Waals surface area contributed by atoms with Crippen LogP contribution in [0.4, 0.5) is 0 Å². The average molecular weight is 467 g/mol. The molecule has 132 valence electrons. The highest BCUT2D eigenvalue weighted by molar-refractivity contribution is 14.0. The van der Waals surface area contributed by atoms with Crippen molar-refractivity contribution in [2.24, 2.45) is 4.99 Å². The van der Waals surface area contributed by atoms with E-state index in [4.69, 9.17) is 0 Å². The number of thiophene rings is 1. The molecular weight excluding hydrogens is 445 g/mol. The van der Waals surface area contributed by atoms with Crippen molar-refractivity contribution in [1.29, 1.82) is 0 Å². The summed E-state index contributed by atoms with van der Waals surface area (Å²) in [7, 11) is 1.79. The largest absolute Gasteiger partial charge is 0.356 e. The summed E-state index contributed by atoms with van der Waals surface area (Å²) in [4.78, 5) is 5.54. The van der Waals surface area contributed by atoms with Crippen LogP contribution >= 0.6 is 35.3 Å². The van der Waals surface area contributed by atoms with Gasteiger partial charge in [0.2, 0.25) is 0 Å². The summed E-state index contributed by atoms with van der Waals surface area (Å²) in [5, 5.41) is 13.2. The SMILES string of the molecule is CN=C(NCCc1cnn(-c2ccccc2)c1)NCc1cccs1.I. The number of nitrogens with one attached hydrogen (secondary N) is 2. The Balaban J connectivity index is 0.00000225. The first-order chi connectivity index (χ1) is 11.8. The van der Waals surface area contributed by atoms with Crippen LogP contribution in [0.25, 0.3) is 5.69 Å². The van der Waals surface area contributed by atoms with Crippen molar-refractivity contribution in [3.05, 3.63) is 70.7 Å². The molecule has 2 aromatic heterocycles. The first kappa shape index (κ1) is 19.5. The van der Waals surface area contributed by atoms with Gasteiger partial charge in [-0.2, -0.15) is 5.10 Å². The number of halogens is 1. The summed E-state index contributed by atoms with van der Waals surface area (Å²) in [6.45, 7) is 1.61. The number of hydrogen-bond donors (Lipinski definition) is 2. The van der Waals surface area contributed by atoms with E-state index in [9.17, 15) is 0 Å². The summed E-state index contributed by atoms with van der Waals surface area (Å²) in [6, 6.07) is 14.3. The van der Waals surface area contributed by atoms with Gasteiger partial charge in [-0.25, -0.2) is 4.68 Å². The fraction of sp³-hybridized carbons (Fsp3) is 0.222. The molecule has 1 aromatic carbocycles. The fourth-order valence-corrected chi connectivity index (χ4v) is 2.99. The van der Waals surface area contributed by atoms with Gasteiger partial charge in [0, 0.05) is 24.7 Å². The molecule has 0 aliphatic rings. The van der Waals surface area contributed by atoms with Gasteiger partial charge in [-0.3, -0.25) is 4.99 Å². The normalized spacial score (nSPS) is 11.0. The average Bonchev–Trinajstić information content (AvgIpc) is 3.30. The maximum atomic E-state index is 4.42. The molecule has 2 N–H and O–H groups in total. The minimum atomic E-state index is 0. The summed E-state index contributed by atoms with van der Waals surface area (Å²) in [5.74, 6) is 0.818. The standard InChI is InChI=1S/C18H21N5S.HI/c1-19-18(21-13-17-8-5-11-24-17)20-10-9-15-12-22-23(14-15)16-6-3-2-4-7-16;/h2-8,11-12,14H,9-10,13H2,1H3,(H2,19,20,21);1H. The van der Waals surface area contributed by atoms with Gasteiger partial charge in [0.15, 0.2) is 5.96 Å². The van der Waals surface area contributed by atoms with E-state index in [-0.39, 0.29) is 24.0 Å². The first-order valence-electron chi connectivity index (χ1n) is 7.91. The molecule has 3 aromatic rings. The molecule has 0 aliphatic carbocycles. The Hall–Kier alpha value is -1.87. The highest BCUT2D eigenvalue weighted by Crippen LogP contribution is 2.08. The third-order valence-corrected chi connectivity index (χ3v) is 4.47. The van der Waals surface area contributed by atoms with Crippen LogP contribution in [0.15, 0.2) is 65.2 Å². The maximum absolute atomic E-state index is 4.42. The number of benzene rings is 1. The molecule has 2 heterocycles. The van der Waals surface area contributed by atoms with E-state index in [0.717, 1.165) is 31.2 Å². The Morgan fingerprint density at radius 1 is 1.16 bits per heavy atom. The number of aromatic nitrogens is 2. The Labute approximate surface area is 169 Å². The molecule has 5 nitrogen and oxygen atoms in total. The summed E-state index contributed by atoms with van der Waals surface area (Å²) < 4.78 is 1.90. The molecule has 0 atom stereocenters. The van der Waals surface area contributed by atoms with Crippen LogP contribution in [0.5, 0.6) is 0 Å². The van der Waals surface area contributed by atoms with Crippen molar-refractivity contribution >= 4 is 41.3 Å². The number of hydrogen-bond acceptors (Lipinski definition) is 3. The van der Waals surface area contributed by atoms with Gasteiger partial charge in [-0.1, -0.05) is 24.3 Å². The summed E-state index contributed by atoms with van der Waals surface area (Å²) in [5.41, 5.74) is 2.27. The van der Waals surface area contributed by atoms with Crippen molar-refractivity contribution in [1.82, 2.24) is 20.4 Å². The van der Waals surface area contributed by atoms with Gasteiger partial charge in [-0.05, 0) is 35.6 Å². The van der Waals surface area contributed by atoms with Crippen molar-refractivity contribution in [2.45, 2.75) is 13.0 Å². The Kier molecular flexibility index (Phi) is 7.93. The van der Waals surface area contributed by atoms with Crippen LogP contribution in [-0.4, -0.2) is 29.3 Å². The minimum Gasteiger partial charge on any atom is -0.356 e. The predicted octanol–water partition coefficient (Wildman–Crippen LogP) is 3.46. The Morgan fingerprint density at radius 2 is 2.00 bits per heavy atom. The molecule has 0 spiro atoms. The van der Waals surface area contributed by atoms with Gasteiger partial charge < -0.3 is 10.6 Å². The second-order valence-corrected chi connectivity index (χ2v) is 6.34. The third-order valence-electron chi connectivity index (χ3n) is 3.60. The first-order valence-corrected chi connectivity index (χ1v) is 8.79. The lowest BCUT2D eigenvalue weighted by atomic mass is 10.2. The van der Waals surface area contributed by atoms with Crippen LogP contribution in [0.3, 0.4) is 0 Å². The lowest BCUT2D eigenvalue weighted by Crippen LogP contribution is -2.37. The monoisotopic (exact) mass is 467 g/mol. The molecule has 0 saturated heterocycles. The maximum Gasteiger partial charge on any atom is 0.191 e. The molecule has 0 unspecified atom stereocenters. The molecule has 25 heavy (non-hydrogen) atoms. The molecule has 0 saturated carbocycles. The molecule has 0 aliphatic heterocycles. The zero-order valence-corrected chi connectivity index (χ0v) is 17.2. The van der Waals surface area contributed by atoms with Crippen LogP contribution in [0.2, 0.25) is 0 Å². The molecule has 3 rings (SSSR count). The third kappa shape index (κ3) is 5.86. The van der Waals surface area contributed by atoms with Crippen LogP contribution in [-0.2, 0) is 13.0 Å². The molecular formula is C18H22IN5S. The number of nitrogens with zero attached hydrogens (tertiary/aromatic N) is 3. The fourth-order valence-electron chi connectivity index (χ4n) is 2.34. The number of para-hydroxylation sites is 1. The van der Waals surface area contributed by atoms with E-state index >= 15 is 0 Å². The topological polar surface area (TPSA) is 54.2 Å². The predicted molar refractivity (Wildman–Crippen MR) is 115 cm³/mol. The molecule has 0 fully saturated rings. The lowest BCUT2D eigenvalue weighted by Gasteiger charge is -2.10. The number of guanidine groups is 1. The lowest BCUT2D eigenvalue weighted by molar-refractivity contribution is 0.799. The Morgan fingerprint density at radius 3 is 2.72 bits per heavy atom. The van der Waals surface area contributed by atoms with Gasteiger partial charge in [0.25, 0.3) is 0 Å². The van der Waals surface area contributed by atoms with Gasteiger partial charge in [-0.15, -0.1) is 35.3 Å². The van der Waals surface area contributed by atoms with E-state index in [1.165, 1.54) is 10.4 Å². The highest BCUT2D eigenvalue weighted by Gasteiger charge is 2.02. The smallest absolute Gasteiger partial charge is 0.191 e. The van der Waals surface area contributed by atoms with E-state index in [1.54, 1.807) is 18.4 Å². The van der Waals surface area contributed by atoms with Crippen LogP contribution in [0.1, 0.15) is 10.4 Å². The van der Waals surface area contributed by atoms with Gasteiger partial charge in [0.1, 0.15) is 0 Å². The van der Waals surface area contributed by atoms with Crippen molar-refractivity contribution < 1.29 is 0 Å². The van der Waals surface area contributed by atoms with Gasteiger partial charge >= 0.3 is 0 Å². The second kappa shape index (κ2) is 10.2. The van der Waals surface area contributed by atoms with E-state index < -0.39 is 0 Å². The van der Waals surface area contributed by atoms with Crippen molar-refractivity contribution in [2.75, 3.05) is 13.6 Å². The molecule has 0 amide bonds. The zero-order valence-electron chi connectivity index (χ0n) is 14.1. The molecule has 0 radical (unpaired) electrons.